The van der Waals surface area contributed by atoms with Crippen LogP contribution in [0, 0.1) is 23.2 Å². The first kappa shape index (κ1) is 43.1. The normalized spacial score (nSPS) is 15.3. The number of hydrogen-bond acceptors (Lipinski definition) is 11. The average molecular weight is 793 g/mol. The topological polar surface area (TPSA) is 123 Å². The Morgan fingerprint density at radius 1 is 0.912 bits per heavy atom. The highest BCUT2D eigenvalue weighted by Crippen LogP contribution is 2.33. The lowest BCUT2D eigenvalue weighted by molar-refractivity contribution is -0.140. The number of benzene rings is 3. The fourth-order valence-electron chi connectivity index (χ4n) is 6.78. The lowest BCUT2D eigenvalue weighted by atomic mass is 9.81. The maximum atomic E-state index is 13.4. The van der Waals surface area contributed by atoms with Gasteiger partial charge in [0.2, 0.25) is 5.13 Å². The summed E-state index contributed by atoms with van der Waals surface area (Å²) in [7, 11) is 0. The molecule has 1 fully saturated rings. The minimum Gasteiger partial charge on any atom is -0.494 e. The minimum absolute atomic E-state index is 0.158. The standard InChI is InChI=1S/C46H56N4O6S/c1-3-30-53-31-14-8-9-15-32-54-39-24-22-37(23-25-39)44(51)55-40-26-27-42(56-45(52)36-20-18-35(4-2)19-21-36)38(33-40)34-48-50(29-13-7-5-6-12-28-47)46-49-41-16-10-11-17-43(41)57-46/h3,10-11,16-17,22-27,33-36H,1,4-9,12-15,18-21,29-32H2,2H3/b48-34+. The second-order valence-corrected chi connectivity index (χ2v) is 15.5. The van der Waals surface area contributed by atoms with Gasteiger partial charge in [-0.1, -0.05) is 62.2 Å². The smallest absolute Gasteiger partial charge is 0.343 e. The lowest BCUT2D eigenvalue weighted by Gasteiger charge is -2.26. The summed E-state index contributed by atoms with van der Waals surface area (Å²) in [5.41, 5.74) is 1.78. The third kappa shape index (κ3) is 14.1. The monoisotopic (exact) mass is 792 g/mol. The molecule has 0 spiro atoms. The van der Waals surface area contributed by atoms with E-state index >= 15 is 0 Å². The zero-order valence-electron chi connectivity index (χ0n) is 33.2. The molecule has 1 aliphatic rings. The molecule has 0 bridgehead atoms. The number of fused-ring (bicyclic) bond motifs is 1. The van der Waals surface area contributed by atoms with Crippen LogP contribution in [-0.4, -0.2) is 49.5 Å². The summed E-state index contributed by atoms with van der Waals surface area (Å²) in [4.78, 5) is 31.6. The SMILES string of the molecule is C=CCOCCCCCCOc1ccc(C(=O)Oc2ccc(OC(=O)C3CCC(CC)CC3)c(/C=N/N(CCCCCCC#N)c3nc4ccccc4s3)c2)cc1. The van der Waals surface area contributed by atoms with Crippen molar-refractivity contribution in [2.45, 2.75) is 96.8 Å². The van der Waals surface area contributed by atoms with Gasteiger partial charge in [-0.05, 0) is 118 Å². The Morgan fingerprint density at radius 3 is 2.40 bits per heavy atom. The van der Waals surface area contributed by atoms with Gasteiger partial charge in [0.1, 0.15) is 17.2 Å². The first-order valence-electron chi connectivity index (χ1n) is 20.5. The largest absolute Gasteiger partial charge is 0.494 e. The molecule has 1 heterocycles. The summed E-state index contributed by atoms with van der Waals surface area (Å²) in [6.45, 7) is 8.39. The molecule has 1 saturated carbocycles. The summed E-state index contributed by atoms with van der Waals surface area (Å²) in [5.74, 6) is 1.06. The molecule has 5 rings (SSSR count). The van der Waals surface area contributed by atoms with Crippen LogP contribution in [0.4, 0.5) is 5.13 Å². The fourth-order valence-corrected chi connectivity index (χ4v) is 7.73. The molecule has 0 atom stereocenters. The summed E-state index contributed by atoms with van der Waals surface area (Å²) in [5, 5.41) is 16.4. The zero-order chi connectivity index (χ0) is 40.1. The van der Waals surface area contributed by atoms with Gasteiger partial charge in [0.05, 0.1) is 47.2 Å². The number of nitrogens with zero attached hydrogens (tertiary/aromatic N) is 4. The maximum Gasteiger partial charge on any atom is 0.343 e. The van der Waals surface area contributed by atoms with E-state index in [0.29, 0.717) is 60.5 Å². The molecule has 0 saturated heterocycles. The van der Waals surface area contributed by atoms with E-state index in [1.165, 1.54) is 0 Å². The van der Waals surface area contributed by atoms with Gasteiger partial charge in [0.25, 0.3) is 0 Å². The number of unbranched alkanes of at least 4 members (excludes halogenated alkanes) is 7. The van der Waals surface area contributed by atoms with Gasteiger partial charge in [-0.25, -0.2) is 14.8 Å². The van der Waals surface area contributed by atoms with Crippen LogP contribution in [0.3, 0.4) is 0 Å². The van der Waals surface area contributed by atoms with Gasteiger partial charge in [-0.3, -0.25) is 4.79 Å². The molecule has 302 valence electrons. The molecule has 0 N–H and O–H groups in total. The number of thiazole rings is 1. The van der Waals surface area contributed by atoms with E-state index in [0.717, 1.165) is 105 Å². The highest BCUT2D eigenvalue weighted by Gasteiger charge is 2.27. The van der Waals surface area contributed by atoms with E-state index in [-0.39, 0.29) is 11.9 Å². The van der Waals surface area contributed by atoms with Gasteiger partial charge in [-0.2, -0.15) is 10.4 Å². The van der Waals surface area contributed by atoms with Crippen molar-refractivity contribution in [1.82, 2.24) is 4.98 Å². The van der Waals surface area contributed by atoms with Crippen molar-refractivity contribution in [3.05, 3.63) is 90.5 Å². The lowest BCUT2D eigenvalue weighted by Crippen LogP contribution is -2.26. The van der Waals surface area contributed by atoms with E-state index in [1.54, 1.807) is 66.1 Å². The van der Waals surface area contributed by atoms with Crippen molar-refractivity contribution < 1.29 is 28.5 Å². The highest BCUT2D eigenvalue weighted by atomic mass is 32.1. The molecular formula is C46H56N4O6S. The van der Waals surface area contributed by atoms with Crippen LogP contribution in [-0.2, 0) is 9.53 Å². The second-order valence-electron chi connectivity index (χ2n) is 14.4. The van der Waals surface area contributed by atoms with E-state index in [9.17, 15) is 9.59 Å². The zero-order valence-corrected chi connectivity index (χ0v) is 34.1. The third-order valence-corrected chi connectivity index (χ3v) is 11.2. The van der Waals surface area contributed by atoms with E-state index in [2.05, 4.69) is 19.6 Å². The number of hydrogen-bond donors (Lipinski definition) is 0. The molecule has 0 aliphatic heterocycles. The minimum atomic E-state index is -0.520. The van der Waals surface area contributed by atoms with Gasteiger partial charge in [0, 0.05) is 25.1 Å². The average Bonchev–Trinajstić information content (AvgIpc) is 3.68. The molecule has 3 aromatic carbocycles. The number of nitriles is 1. The van der Waals surface area contributed by atoms with Crippen LogP contribution >= 0.6 is 11.3 Å². The quantitative estimate of drug-likeness (QED) is 0.0170. The summed E-state index contributed by atoms with van der Waals surface area (Å²) >= 11 is 1.56. The number of rotatable bonds is 24. The summed E-state index contributed by atoms with van der Waals surface area (Å²) in [6, 6.07) is 22.1. The van der Waals surface area contributed by atoms with Crippen LogP contribution in [0.25, 0.3) is 10.2 Å². The molecule has 11 heteroatoms. The fraction of sp³-hybridized carbons (Fsp3) is 0.457. The van der Waals surface area contributed by atoms with Gasteiger partial charge >= 0.3 is 11.9 Å². The molecule has 1 aromatic heterocycles. The van der Waals surface area contributed by atoms with Crippen molar-refractivity contribution in [2.75, 3.05) is 31.4 Å². The first-order chi connectivity index (χ1) is 28.0. The number of anilines is 1. The van der Waals surface area contributed by atoms with Crippen molar-refractivity contribution >= 4 is 44.8 Å². The van der Waals surface area contributed by atoms with Crippen molar-refractivity contribution in [3.8, 4) is 23.3 Å². The van der Waals surface area contributed by atoms with Crippen molar-refractivity contribution in [1.29, 1.82) is 5.26 Å². The number of hydrazone groups is 1. The number of para-hydroxylation sites is 1. The maximum absolute atomic E-state index is 13.4. The van der Waals surface area contributed by atoms with Gasteiger partial charge in [0.15, 0.2) is 0 Å². The summed E-state index contributed by atoms with van der Waals surface area (Å²) < 4.78 is 24.3. The van der Waals surface area contributed by atoms with E-state index < -0.39 is 5.97 Å². The molecule has 4 aromatic rings. The predicted molar refractivity (Wildman–Crippen MR) is 227 cm³/mol. The highest BCUT2D eigenvalue weighted by molar-refractivity contribution is 7.22. The Balaban J connectivity index is 1.28. The Labute approximate surface area is 341 Å². The van der Waals surface area contributed by atoms with Crippen LogP contribution in [0.15, 0.2) is 84.5 Å². The number of esters is 2. The van der Waals surface area contributed by atoms with Crippen LogP contribution in [0.5, 0.6) is 17.2 Å². The van der Waals surface area contributed by atoms with E-state index in [1.807, 2.05) is 29.3 Å². The molecule has 10 nitrogen and oxygen atoms in total. The predicted octanol–water partition coefficient (Wildman–Crippen LogP) is 11.1. The third-order valence-electron chi connectivity index (χ3n) is 10.2. The Morgan fingerprint density at radius 2 is 1.65 bits per heavy atom. The molecule has 1 aliphatic carbocycles. The van der Waals surface area contributed by atoms with E-state index in [4.69, 9.17) is 34.3 Å². The Bertz CT molecular complexity index is 1900. The van der Waals surface area contributed by atoms with Crippen molar-refractivity contribution in [3.63, 3.8) is 0 Å². The molecule has 0 unspecified atom stereocenters. The van der Waals surface area contributed by atoms with Gasteiger partial charge < -0.3 is 18.9 Å². The molecule has 57 heavy (non-hydrogen) atoms. The number of aromatic nitrogens is 1. The number of carbonyl (C=O) groups excluding carboxylic acids is 2. The van der Waals surface area contributed by atoms with Crippen LogP contribution < -0.4 is 19.2 Å². The van der Waals surface area contributed by atoms with Crippen LogP contribution in [0.1, 0.15) is 113 Å². The van der Waals surface area contributed by atoms with Gasteiger partial charge in [-0.15, -0.1) is 6.58 Å². The Hall–Kier alpha value is -5.05. The molecule has 0 radical (unpaired) electrons. The number of ether oxygens (including phenoxy) is 4. The Kier molecular flexibility index (Phi) is 18.1. The first-order valence-corrected chi connectivity index (χ1v) is 21.3. The summed E-state index contributed by atoms with van der Waals surface area (Å²) in [6.07, 6.45) is 16.5. The van der Waals surface area contributed by atoms with Crippen LogP contribution in [0.2, 0.25) is 0 Å². The molecular weight excluding hydrogens is 737 g/mol. The van der Waals surface area contributed by atoms with Crippen molar-refractivity contribution in [2.24, 2.45) is 16.9 Å². The molecule has 0 amide bonds. The second kappa shape index (κ2) is 23.9. The number of carbonyl (C=O) groups is 2.